The van der Waals surface area contributed by atoms with Crippen molar-refractivity contribution >= 4 is 55.5 Å². The van der Waals surface area contributed by atoms with E-state index in [-0.39, 0.29) is 77.2 Å². The molecule has 0 bridgehead atoms. The number of hydrogen-bond acceptors (Lipinski definition) is 11. The largest absolute Gasteiger partial charge is 0.453 e. The number of ether oxygens (including phenoxy) is 2. The van der Waals surface area contributed by atoms with Gasteiger partial charge in [-0.3, -0.25) is 33.8 Å². The third kappa shape index (κ3) is 7.31. The molecule has 5 heterocycles. The van der Waals surface area contributed by atoms with Gasteiger partial charge < -0.3 is 14.4 Å². The van der Waals surface area contributed by atoms with Crippen molar-refractivity contribution in [2.24, 2.45) is 7.05 Å². The first-order chi connectivity index (χ1) is 29.7. The van der Waals surface area contributed by atoms with Crippen LogP contribution in [0.5, 0.6) is 11.5 Å². The van der Waals surface area contributed by atoms with E-state index in [0.717, 1.165) is 55.2 Å². The molecule has 17 nitrogen and oxygen atoms in total. The lowest BCUT2D eigenvalue weighted by atomic mass is 9.73. The van der Waals surface area contributed by atoms with Gasteiger partial charge in [0.1, 0.15) is 23.2 Å². The van der Waals surface area contributed by atoms with Crippen LogP contribution in [0.15, 0.2) is 53.6 Å². The number of piperidine rings is 1. The van der Waals surface area contributed by atoms with Crippen LogP contribution in [-0.2, 0) is 26.8 Å². The molecule has 1 spiro atoms. The molecular weight excluding hydrogens is 827 g/mol. The molecule has 3 aromatic carbocycles. The fourth-order valence-corrected chi connectivity index (χ4v) is 10.1. The van der Waals surface area contributed by atoms with Crippen molar-refractivity contribution in [1.82, 2.24) is 33.9 Å². The number of urea groups is 1. The average Bonchev–Trinajstić information content (AvgIpc) is 3.78. The fraction of sp³-hybridized carbons (Fsp3) is 0.429. The Hall–Kier alpha value is -6.01. The number of carbonyl (C=O) groups excluding carboxylic acids is 2. The number of aryl methyl sites for hydroxylation is 1. The van der Waals surface area contributed by atoms with Crippen LogP contribution in [0, 0.1) is 23.0 Å². The number of imide groups is 1. The summed E-state index contributed by atoms with van der Waals surface area (Å²) in [6.07, 6.45) is 5.39. The van der Waals surface area contributed by atoms with Crippen LogP contribution in [0.25, 0.3) is 21.8 Å². The number of nitrogens with one attached hydrogen (secondary N) is 2. The smallest absolute Gasteiger partial charge is 0.329 e. The molecule has 62 heavy (non-hydrogen) atoms. The predicted molar refractivity (Wildman–Crippen MR) is 223 cm³/mol. The van der Waals surface area contributed by atoms with E-state index in [4.69, 9.17) is 9.47 Å². The molecule has 1 atom stereocenters. The zero-order valence-corrected chi connectivity index (χ0v) is 35.0. The van der Waals surface area contributed by atoms with Gasteiger partial charge in [-0.15, -0.1) is 0 Å². The van der Waals surface area contributed by atoms with Gasteiger partial charge in [0.2, 0.25) is 5.91 Å². The van der Waals surface area contributed by atoms with Crippen molar-refractivity contribution in [1.29, 1.82) is 5.26 Å². The van der Waals surface area contributed by atoms with E-state index < -0.39 is 33.4 Å². The molecule has 4 aliphatic rings. The first-order valence-electron chi connectivity index (χ1n) is 20.5. The molecule has 3 amide bonds. The van der Waals surface area contributed by atoms with Crippen LogP contribution in [0.2, 0.25) is 0 Å². The Morgan fingerprint density at radius 1 is 1.05 bits per heavy atom. The Morgan fingerprint density at radius 3 is 2.55 bits per heavy atom. The summed E-state index contributed by atoms with van der Waals surface area (Å²) >= 11 is 0. The topological polar surface area (TPSA) is 197 Å². The molecule has 3 aliphatic heterocycles. The molecule has 20 heteroatoms. The predicted octanol–water partition coefficient (Wildman–Crippen LogP) is 5.02. The highest BCUT2D eigenvalue weighted by molar-refractivity contribution is 7.90. The van der Waals surface area contributed by atoms with Crippen LogP contribution in [0.4, 0.5) is 25.1 Å². The first kappa shape index (κ1) is 41.3. The Kier molecular flexibility index (Phi) is 10.5. The molecule has 2 aromatic heterocycles. The molecule has 5 aromatic rings. The molecule has 1 saturated carbocycles. The minimum Gasteiger partial charge on any atom is -0.453 e. The number of amides is 3. The van der Waals surface area contributed by atoms with Crippen molar-refractivity contribution in [3.8, 4) is 17.6 Å². The zero-order valence-electron chi connectivity index (χ0n) is 34.2. The second-order valence-electron chi connectivity index (χ2n) is 16.5. The number of anilines is 2. The number of fused-ring (bicyclic) bond motifs is 2. The minimum absolute atomic E-state index is 0.0334. The molecule has 1 aliphatic carbocycles. The van der Waals surface area contributed by atoms with Gasteiger partial charge in [-0.05, 0) is 86.1 Å². The molecule has 4 fully saturated rings. The Balaban J connectivity index is 0.845. The number of hydrogen-bond donors (Lipinski definition) is 2. The summed E-state index contributed by atoms with van der Waals surface area (Å²) in [6, 6.07) is 11.2. The van der Waals surface area contributed by atoms with E-state index in [1.54, 1.807) is 29.3 Å². The standard InChI is InChI=1S/C42H44F2N10O7S/c1-4-50(2)62(58,59)49-35-8-6-32(43)38(31(35)21-45)61-27-5-7-34-29(17-27)40(56)54(23-46-34)26-20-42(60-22-26)10-13-52(14-11-42)25-15-24(16-25)28-19-36-30(18-33(28)44)39(48-51(36)3)53-12-9-37(55)47-41(53)57/h5-8,17-19,23-26,49H,4,9-16,20,22H2,1-3H3,(H,47,55,57). The molecular formula is C42H44F2N10O7S. The summed E-state index contributed by atoms with van der Waals surface area (Å²) in [5.74, 6) is -1.68. The van der Waals surface area contributed by atoms with Crippen molar-refractivity contribution in [3.63, 3.8) is 0 Å². The maximum absolute atomic E-state index is 15.7. The van der Waals surface area contributed by atoms with Crippen molar-refractivity contribution in [2.45, 2.75) is 69.1 Å². The number of aromatic nitrogens is 4. The van der Waals surface area contributed by atoms with Gasteiger partial charge in [0.25, 0.3) is 5.56 Å². The Labute approximate surface area is 355 Å². The van der Waals surface area contributed by atoms with Crippen molar-refractivity contribution < 1.29 is 36.3 Å². The normalized spacial score (nSPS) is 21.7. The Bertz CT molecular complexity index is 2870. The third-order valence-corrected chi connectivity index (χ3v) is 14.5. The molecule has 9 rings (SSSR count). The van der Waals surface area contributed by atoms with Gasteiger partial charge in [-0.25, -0.2) is 18.6 Å². The molecule has 1 unspecified atom stereocenters. The quantitative estimate of drug-likeness (QED) is 0.191. The second-order valence-corrected chi connectivity index (χ2v) is 18.3. The van der Waals surface area contributed by atoms with Gasteiger partial charge in [0.15, 0.2) is 17.4 Å². The average molecular weight is 871 g/mol. The molecule has 324 valence electrons. The van der Waals surface area contributed by atoms with Crippen LogP contribution in [0.1, 0.15) is 68.5 Å². The summed E-state index contributed by atoms with van der Waals surface area (Å²) in [6.45, 7) is 3.88. The van der Waals surface area contributed by atoms with E-state index in [2.05, 4.69) is 25.0 Å². The molecule has 2 N–H and O–H groups in total. The summed E-state index contributed by atoms with van der Waals surface area (Å²) in [5.41, 5.74) is 0.443. The number of rotatable bonds is 10. The molecule has 0 radical (unpaired) electrons. The lowest BCUT2D eigenvalue weighted by Crippen LogP contribution is -2.51. The van der Waals surface area contributed by atoms with Gasteiger partial charge in [0.05, 0.1) is 46.7 Å². The van der Waals surface area contributed by atoms with Gasteiger partial charge in [-0.1, -0.05) is 6.92 Å². The monoisotopic (exact) mass is 870 g/mol. The van der Waals surface area contributed by atoms with Crippen LogP contribution >= 0.6 is 0 Å². The van der Waals surface area contributed by atoms with E-state index in [1.807, 2.05) is 12.1 Å². The van der Waals surface area contributed by atoms with Crippen molar-refractivity contribution in [3.05, 3.63) is 81.9 Å². The van der Waals surface area contributed by atoms with E-state index >= 15 is 8.78 Å². The van der Waals surface area contributed by atoms with E-state index in [9.17, 15) is 28.1 Å². The number of nitriles is 1. The van der Waals surface area contributed by atoms with E-state index in [0.29, 0.717) is 40.8 Å². The summed E-state index contributed by atoms with van der Waals surface area (Å²) in [5, 5.41) is 17.4. The third-order valence-electron chi connectivity index (χ3n) is 12.9. The summed E-state index contributed by atoms with van der Waals surface area (Å²) in [7, 11) is -0.911. The maximum Gasteiger partial charge on any atom is 0.329 e. The second kappa shape index (κ2) is 15.7. The molecule has 3 saturated heterocycles. The fourth-order valence-electron chi connectivity index (χ4n) is 9.13. The number of halogens is 2. The highest BCUT2D eigenvalue weighted by atomic mass is 32.2. The van der Waals surface area contributed by atoms with Crippen LogP contribution < -0.4 is 25.2 Å². The van der Waals surface area contributed by atoms with Crippen LogP contribution in [-0.4, -0.2) is 100 Å². The SMILES string of the molecule is CCN(C)S(=O)(=O)Nc1ccc(F)c(Oc2ccc3ncn(C4COC5(CCN(C6CC(c7cc8c(cc7F)c(N7CCC(=O)NC7=O)nn8C)C6)CC5)C4)c(=O)c3c2)c1C#N. The maximum atomic E-state index is 15.7. The van der Waals surface area contributed by atoms with E-state index in [1.165, 1.54) is 36.5 Å². The van der Waals surface area contributed by atoms with Gasteiger partial charge in [-0.2, -0.15) is 23.1 Å². The first-order valence-corrected chi connectivity index (χ1v) is 21.9. The number of benzene rings is 3. The lowest BCUT2D eigenvalue weighted by molar-refractivity contribution is -0.120. The zero-order chi connectivity index (χ0) is 43.7. The summed E-state index contributed by atoms with van der Waals surface area (Å²) in [4.78, 5) is 46.5. The lowest BCUT2D eigenvalue weighted by Gasteiger charge is -2.48. The summed E-state index contributed by atoms with van der Waals surface area (Å²) < 4.78 is 75.0. The van der Waals surface area contributed by atoms with Crippen LogP contribution in [0.3, 0.4) is 0 Å². The number of carbonyl (C=O) groups is 2. The van der Waals surface area contributed by atoms with Gasteiger partial charge in [0, 0.05) is 58.1 Å². The highest BCUT2D eigenvalue weighted by Gasteiger charge is 2.46. The number of nitrogens with zero attached hydrogens (tertiary/aromatic N) is 8. The number of likely N-dealkylation sites (tertiary alicyclic amines) is 1. The minimum atomic E-state index is -4.03. The van der Waals surface area contributed by atoms with Crippen molar-refractivity contribution in [2.75, 3.05) is 49.5 Å². The van der Waals surface area contributed by atoms with Gasteiger partial charge >= 0.3 is 16.2 Å². The highest BCUT2D eigenvalue weighted by Crippen LogP contribution is 2.46. The Morgan fingerprint density at radius 2 is 1.82 bits per heavy atom.